The topological polar surface area (TPSA) is 18.5 Å². The summed E-state index contributed by atoms with van der Waals surface area (Å²) in [5.74, 6) is 0. The zero-order chi connectivity index (χ0) is 13.8. The maximum absolute atomic E-state index is 3.51. The maximum Gasteiger partial charge on any atom is 0.0392 e. The highest BCUT2D eigenvalue weighted by Gasteiger charge is 2.26. The molecule has 1 N–H and O–H groups in total. The van der Waals surface area contributed by atoms with Crippen molar-refractivity contribution in [3.8, 4) is 0 Å². The molecule has 1 heterocycles. The smallest absolute Gasteiger partial charge is 0.0392 e. The zero-order valence-corrected chi connectivity index (χ0v) is 13.7. The summed E-state index contributed by atoms with van der Waals surface area (Å²) in [5.41, 5.74) is 1.33. The summed E-state index contributed by atoms with van der Waals surface area (Å²) in [6.45, 7) is 5.62. The van der Waals surface area contributed by atoms with Crippen molar-refractivity contribution >= 4 is 21.6 Å². The van der Waals surface area contributed by atoms with E-state index in [9.17, 15) is 0 Å². The quantitative estimate of drug-likeness (QED) is 0.921. The van der Waals surface area contributed by atoms with Gasteiger partial charge in [-0.05, 0) is 51.7 Å². The monoisotopic (exact) mass is 325 g/mol. The third-order valence-electron chi connectivity index (χ3n) is 4.06. The van der Waals surface area contributed by atoms with Crippen molar-refractivity contribution in [3.05, 3.63) is 28.7 Å². The summed E-state index contributed by atoms with van der Waals surface area (Å²) in [5, 5.41) is 3.32. The molecule has 1 saturated heterocycles. The number of nitrogens with one attached hydrogen (secondary N) is 1. The van der Waals surface area contributed by atoms with Crippen molar-refractivity contribution in [1.29, 1.82) is 0 Å². The molecule has 0 aliphatic carbocycles. The first-order chi connectivity index (χ1) is 9.11. The Morgan fingerprint density at radius 3 is 2.63 bits per heavy atom. The summed E-state index contributed by atoms with van der Waals surface area (Å²) in [4.78, 5) is 5.02. The van der Waals surface area contributed by atoms with Gasteiger partial charge in [0.15, 0.2) is 0 Å². The fourth-order valence-corrected chi connectivity index (χ4v) is 2.99. The van der Waals surface area contributed by atoms with E-state index in [0.29, 0.717) is 12.1 Å². The average molecular weight is 326 g/mol. The summed E-state index contributed by atoms with van der Waals surface area (Å²) in [6.07, 6.45) is 1.22. The van der Waals surface area contributed by atoms with Gasteiger partial charge in [0, 0.05) is 41.9 Å². The number of nitrogens with zero attached hydrogens (tertiary/aromatic N) is 2. The molecule has 19 heavy (non-hydrogen) atoms. The second-order valence-corrected chi connectivity index (χ2v) is 6.37. The van der Waals surface area contributed by atoms with E-state index >= 15 is 0 Å². The molecular formula is C15H24BrN3. The maximum atomic E-state index is 3.51. The second kappa shape index (κ2) is 6.73. The minimum Gasteiger partial charge on any atom is -0.367 e. The summed E-state index contributed by atoms with van der Waals surface area (Å²) in [7, 11) is 4.27. The molecule has 1 aliphatic heterocycles. The van der Waals surface area contributed by atoms with E-state index in [1.807, 2.05) is 7.05 Å². The highest BCUT2D eigenvalue weighted by molar-refractivity contribution is 9.10. The molecule has 2 atom stereocenters. The molecule has 0 saturated carbocycles. The number of likely N-dealkylation sites (N-methyl/N-ethyl adjacent to an activating group) is 2. The van der Waals surface area contributed by atoms with E-state index in [1.165, 1.54) is 18.7 Å². The fourth-order valence-electron chi connectivity index (χ4n) is 2.72. The van der Waals surface area contributed by atoms with Gasteiger partial charge in [-0.1, -0.05) is 15.9 Å². The van der Waals surface area contributed by atoms with E-state index < -0.39 is 0 Å². The van der Waals surface area contributed by atoms with E-state index in [4.69, 9.17) is 0 Å². The molecular weight excluding hydrogens is 302 g/mol. The van der Waals surface area contributed by atoms with Gasteiger partial charge in [0.25, 0.3) is 0 Å². The number of halogens is 1. The first-order valence-corrected chi connectivity index (χ1v) is 7.78. The van der Waals surface area contributed by atoms with Crippen LogP contribution >= 0.6 is 15.9 Å². The summed E-state index contributed by atoms with van der Waals surface area (Å²) < 4.78 is 1.14. The van der Waals surface area contributed by atoms with Crippen LogP contribution < -0.4 is 10.2 Å². The first kappa shape index (κ1) is 14.8. The molecule has 2 unspecified atom stereocenters. The summed E-state index contributed by atoms with van der Waals surface area (Å²) in [6, 6.07) is 9.84. The van der Waals surface area contributed by atoms with Gasteiger partial charge in [0.05, 0.1) is 0 Å². The molecule has 0 bridgehead atoms. The highest BCUT2D eigenvalue weighted by Crippen LogP contribution is 2.24. The minimum atomic E-state index is 0.568. The molecule has 1 fully saturated rings. The van der Waals surface area contributed by atoms with Crippen molar-refractivity contribution in [3.63, 3.8) is 0 Å². The van der Waals surface area contributed by atoms with E-state index in [2.05, 4.69) is 69.3 Å². The minimum absolute atomic E-state index is 0.568. The third-order valence-corrected chi connectivity index (χ3v) is 4.59. The molecule has 2 rings (SSSR count). The molecule has 1 aromatic rings. The van der Waals surface area contributed by atoms with Crippen LogP contribution in [0.5, 0.6) is 0 Å². The van der Waals surface area contributed by atoms with Gasteiger partial charge < -0.3 is 15.1 Å². The fraction of sp³-hybridized carbons (Fsp3) is 0.600. The second-order valence-electron chi connectivity index (χ2n) is 5.46. The van der Waals surface area contributed by atoms with Crippen molar-refractivity contribution in [1.82, 2.24) is 10.2 Å². The molecule has 1 aliphatic rings. The van der Waals surface area contributed by atoms with Crippen molar-refractivity contribution in [2.75, 3.05) is 38.6 Å². The Kier molecular flexibility index (Phi) is 5.25. The molecule has 0 spiro atoms. The number of anilines is 1. The van der Waals surface area contributed by atoms with Crippen LogP contribution in [0.25, 0.3) is 0 Å². The van der Waals surface area contributed by atoms with Gasteiger partial charge in [-0.15, -0.1) is 0 Å². The molecule has 4 heteroatoms. The number of hydrogen-bond donors (Lipinski definition) is 1. The van der Waals surface area contributed by atoms with Crippen LogP contribution in [0.2, 0.25) is 0 Å². The average Bonchev–Trinajstić information content (AvgIpc) is 2.54. The molecule has 3 nitrogen and oxygen atoms in total. The predicted octanol–water partition coefficient (Wildman–Crippen LogP) is 2.57. The van der Waals surface area contributed by atoms with Crippen molar-refractivity contribution in [2.45, 2.75) is 25.4 Å². The lowest BCUT2D eigenvalue weighted by atomic mass is 10.1. The normalized spacial score (nSPS) is 25.4. The Labute approximate surface area is 125 Å². The molecule has 0 radical (unpaired) electrons. The standard InChI is InChI=1S/C15H24BrN3/c1-12-8-9-18(3)15(10-17-2)11-19(12)14-6-4-13(16)5-7-14/h4-7,12,15,17H,8-11H2,1-3H3. The first-order valence-electron chi connectivity index (χ1n) is 6.99. The molecule has 0 aromatic heterocycles. The Bertz CT molecular complexity index is 393. The van der Waals surface area contributed by atoms with Gasteiger partial charge >= 0.3 is 0 Å². The van der Waals surface area contributed by atoms with Gasteiger partial charge in [-0.2, -0.15) is 0 Å². The Hall–Kier alpha value is -0.580. The van der Waals surface area contributed by atoms with Crippen LogP contribution in [-0.2, 0) is 0 Å². The molecule has 0 amide bonds. The Balaban J connectivity index is 2.18. The van der Waals surface area contributed by atoms with Crippen LogP contribution in [0, 0.1) is 0 Å². The van der Waals surface area contributed by atoms with Crippen LogP contribution in [0.15, 0.2) is 28.7 Å². The van der Waals surface area contributed by atoms with Crippen molar-refractivity contribution in [2.24, 2.45) is 0 Å². The van der Waals surface area contributed by atoms with E-state index in [1.54, 1.807) is 0 Å². The van der Waals surface area contributed by atoms with Crippen molar-refractivity contribution < 1.29 is 0 Å². The lowest BCUT2D eigenvalue weighted by Crippen LogP contribution is -2.45. The van der Waals surface area contributed by atoms with E-state index in [-0.39, 0.29) is 0 Å². The van der Waals surface area contributed by atoms with Gasteiger partial charge in [0.2, 0.25) is 0 Å². The summed E-state index contributed by atoms with van der Waals surface area (Å²) >= 11 is 3.51. The van der Waals surface area contributed by atoms with Gasteiger partial charge in [0.1, 0.15) is 0 Å². The van der Waals surface area contributed by atoms with Crippen LogP contribution in [-0.4, -0.2) is 50.7 Å². The highest BCUT2D eigenvalue weighted by atomic mass is 79.9. The van der Waals surface area contributed by atoms with Gasteiger partial charge in [-0.3, -0.25) is 0 Å². The lowest BCUT2D eigenvalue weighted by molar-refractivity contribution is 0.256. The largest absolute Gasteiger partial charge is 0.367 e. The SMILES string of the molecule is CNCC1CN(c2ccc(Br)cc2)C(C)CCN1C. The van der Waals surface area contributed by atoms with Gasteiger partial charge in [-0.25, -0.2) is 0 Å². The molecule has 106 valence electrons. The number of benzene rings is 1. The third kappa shape index (κ3) is 3.71. The predicted molar refractivity (Wildman–Crippen MR) is 85.9 cm³/mol. The Morgan fingerprint density at radius 1 is 1.32 bits per heavy atom. The van der Waals surface area contributed by atoms with Crippen LogP contribution in [0.4, 0.5) is 5.69 Å². The molecule has 1 aromatic carbocycles. The Morgan fingerprint density at radius 2 is 2.00 bits per heavy atom. The number of hydrogen-bond acceptors (Lipinski definition) is 3. The lowest BCUT2D eigenvalue weighted by Gasteiger charge is -2.33. The van der Waals surface area contributed by atoms with Crippen LogP contribution in [0.3, 0.4) is 0 Å². The zero-order valence-electron chi connectivity index (χ0n) is 12.1. The number of rotatable bonds is 3. The van der Waals surface area contributed by atoms with E-state index in [0.717, 1.165) is 17.6 Å². The van der Waals surface area contributed by atoms with Crippen LogP contribution in [0.1, 0.15) is 13.3 Å².